The molecule has 0 radical (unpaired) electrons. The molecule has 2 atom stereocenters. The molecule has 1 aromatic carbocycles. The lowest BCUT2D eigenvalue weighted by molar-refractivity contribution is -0.385. The van der Waals surface area contributed by atoms with Crippen LogP contribution < -0.4 is 5.73 Å². The summed E-state index contributed by atoms with van der Waals surface area (Å²) in [5.74, 6) is 0.521. The molecule has 1 aromatic heterocycles. The van der Waals surface area contributed by atoms with E-state index in [1.165, 1.54) is 22.6 Å². The molecule has 0 saturated carbocycles. The molecule has 8 nitrogen and oxygen atoms in total. The van der Waals surface area contributed by atoms with E-state index >= 15 is 0 Å². The summed E-state index contributed by atoms with van der Waals surface area (Å²) in [5.41, 5.74) is 7.04. The van der Waals surface area contributed by atoms with Crippen molar-refractivity contribution in [3.63, 3.8) is 0 Å². The van der Waals surface area contributed by atoms with Crippen LogP contribution in [0.1, 0.15) is 17.9 Å². The minimum atomic E-state index is -0.498. The fourth-order valence-corrected chi connectivity index (χ4v) is 3.33. The highest BCUT2D eigenvalue weighted by Gasteiger charge is 2.34. The van der Waals surface area contributed by atoms with Gasteiger partial charge in [0.05, 0.1) is 4.92 Å². The van der Waals surface area contributed by atoms with Gasteiger partial charge in [-0.2, -0.15) is 5.10 Å². The molecule has 0 unspecified atom stereocenters. The van der Waals surface area contributed by atoms with E-state index in [9.17, 15) is 14.9 Å². The minimum Gasteiger partial charge on any atom is -0.342 e. The standard InChI is InChI=1S/C17H21N5O3.ClH/c18-8-14-10-20(12-16(14)13-4-2-1-3-5-13)17(23)6-7-21-11-15(9-19-21)22(24)25;/h1-5,9,11,14,16H,6-8,10,12,18H2;1H/t14-,16+;/m1./s1. The number of halogens is 1. The molecule has 1 aliphatic heterocycles. The molecule has 1 saturated heterocycles. The highest BCUT2D eigenvalue weighted by Crippen LogP contribution is 2.32. The molecule has 0 aliphatic carbocycles. The normalized spacial score (nSPS) is 19.2. The quantitative estimate of drug-likeness (QED) is 0.608. The van der Waals surface area contributed by atoms with Gasteiger partial charge in [-0.3, -0.25) is 19.6 Å². The first-order valence-electron chi connectivity index (χ1n) is 8.28. The van der Waals surface area contributed by atoms with E-state index in [1.807, 2.05) is 23.1 Å². The van der Waals surface area contributed by atoms with Crippen molar-refractivity contribution < 1.29 is 9.72 Å². The van der Waals surface area contributed by atoms with Gasteiger partial charge in [0.1, 0.15) is 12.4 Å². The van der Waals surface area contributed by atoms with Crippen molar-refractivity contribution in [1.82, 2.24) is 14.7 Å². The molecule has 26 heavy (non-hydrogen) atoms. The predicted octanol–water partition coefficient (Wildman–Crippen LogP) is 1.80. The Bertz CT molecular complexity index is 752. The molecule has 0 bridgehead atoms. The molecule has 2 aromatic rings. The van der Waals surface area contributed by atoms with Crippen molar-refractivity contribution >= 4 is 24.0 Å². The largest absolute Gasteiger partial charge is 0.342 e. The number of likely N-dealkylation sites (tertiary alicyclic amines) is 1. The van der Waals surface area contributed by atoms with Gasteiger partial charge in [0.25, 0.3) is 0 Å². The third kappa shape index (κ3) is 4.39. The van der Waals surface area contributed by atoms with Crippen molar-refractivity contribution in [1.29, 1.82) is 0 Å². The van der Waals surface area contributed by atoms with Gasteiger partial charge >= 0.3 is 5.69 Å². The van der Waals surface area contributed by atoms with Crippen molar-refractivity contribution in [2.45, 2.75) is 18.9 Å². The molecule has 1 amide bonds. The van der Waals surface area contributed by atoms with E-state index in [2.05, 4.69) is 17.2 Å². The number of carbonyl (C=O) groups is 1. The Labute approximate surface area is 157 Å². The zero-order valence-electron chi connectivity index (χ0n) is 14.2. The van der Waals surface area contributed by atoms with E-state index in [1.54, 1.807) is 0 Å². The SMILES string of the molecule is Cl.NC[C@@H]1CN(C(=O)CCn2cc([N+](=O)[O-])cn2)C[C@H]1c1ccccc1. The number of nitrogens with two attached hydrogens (primary N) is 1. The van der Waals surface area contributed by atoms with Crippen LogP contribution in [0.5, 0.6) is 0 Å². The molecule has 2 heterocycles. The third-order valence-corrected chi connectivity index (χ3v) is 4.71. The second-order valence-corrected chi connectivity index (χ2v) is 6.28. The lowest BCUT2D eigenvalue weighted by Gasteiger charge is -2.17. The molecule has 3 rings (SSSR count). The Morgan fingerprint density at radius 2 is 2.04 bits per heavy atom. The zero-order chi connectivity index (χ0) is 17.8. The van der Waals surface area contributed by atoms with Crippen LogP contribution in [0.25, 0.3) is 0 Å². The summed E-state index contributed by atoms with van der Waals surface area (Å²) in [6.45, 7) is 2.17. The Balaban J connectivity index is 0.00000243. The number of rotatable bonds is 6. The van der Waals surface area contributed by atoms with Crippen LogP contribution >= 0.6 is 12.4 Å². The summed E-state index contributed by atoms with van der Waals surface area (Å²) in [6, 6.07) is 10.1. The van der Waals surface area contributed by atoms with Crippen LogP contribution in [-0.2, 0) is 11.3 Å². The highest BCUT2D eigenvalue weighted by atomic mass is 35.5. The molecule has 1 fully saturated rings. The maximum absolute atomic E-state index is 12.5. The summed E-state index contributed by atoms with van der Waals surface area (Å²) in [7, 11) is 0. The maximum atomic E-state index is 12.5. The van der Waals surface area contributed by atoms with E-state index in [0.29, 0.717) is 26.2 Å². The number of nitrogens with zero attached hydrogens (tertiary/aromatic N) is 4. The molecule has 2 N–H and O–H groups in total. The number of hydrogen-bond donors (Lipinski definition) is 1. The monoisotopic (exact) mass is 379 g/mol. The Morgan fingerprint density at radius 1 is 1.31 bits per heavy atom. The number of amides is 1. The van der Waals surface area contributed by atoms with Gasteiger partial charge in [-0.05, 0) is 18.0 Å². The molecule has 1 aliphatic rings. The van der Waals surface area contributed by atoms with E-state index in [-0.39, 0.29) is 42.3 Å². The average Bonchev–Trinajstić information content (AvgIpc) is 3.27. The Hall–Kier alpha value is -2.45. The predicted molar refractivity (Wildman–Crippen MR) is 99.1 cm³/mol. The molecular weight excluding hydrogens is 358 g/mol. The van der Waals surface area contributed by atoms with Gasteiger partial charge in [-0.25, -0.2) is 0 Å². The van der Waals surface area contributed by atoms with Crippen molar-refractivity contribution in [2.24, 2.45) is 11.7 Å². The number of carbonyl (C=O) groups excluding carboxylic acids is 1. The van der Waals surface area contributed by atoms with Crippen LogP contribution in [0.15, 0.2) is 42.7 Å². The number of aromatic nitrogens is 2. The van der Waals surface area contributed by atoms with Crippen LogP contribution in [0.4, 0.5) is 5.69 Å². The van der Waals surface area contributed by atoms with E-state index in [4.69, 9.17) is 5.73 Å². The highest BCUT2D eigenvalue weighted by molar-refractivity contribution is 5.85. The van der Waals surface area contributed by atoms with Crippen LogP contribution in [0.3, 0.4) is 0 Å². The Kier molecular flexibility index (Phi) is 6.70. The van der Waals surface area contributed by atoms with E-state index in [0.717, 1.165) is 0 Å². The van der Waals surface area contributed by atoms with Gasteiger partial charge in [0, 0.05) is 32.0 Å². The van der Waals surface area contributed by atoms with E-state index < -0.39 is 4.92 Å². The van der Waals surface area contributed by atoms with Gasteiger partial charge in [-0.15, -0.1) is 12.4 Å². The van der Waals surface area contributed by atoms with Crippen LogP contribution in [0, 0.1) is 16.0 Å². The zero-order valence-corrected chi connectivity index (χ0v) is 15.0. The number of hydrogen-bond acceptors (Lipinski definition) is 5. The smallest absolute Gasteiger partial charge is 0.306 e. The molecule has 0 spiro atoms. The Morgan fingerprint density at radius 3 is 2.65 bits per heavy atom. The average molecular weight is 380 g/mol. The lowest BCUT2D eigenvalue weighted by atomic mass is 9.89. The second-order valence-electron chi connectivity index (χ2n) is 6.28. The lowest BCUT2D eigenvalue weighted by Crippen LogP contribution is -2.30. The topological polar surface area (TPSA) is 107 Å². The fourth-order valence-electron chi connectivity index (χ4n) is 3.33. The second kappa shape index (κ2) is 8.77. The number of nitro groups is 1. The van der Waals surface area contributed by atoms with Crippen LogP contribution in [-0.4, -0.2) is 45.1 Å². The van der Waals surface area contributed by atoms with Gasteiger partial charge in [0.2, 0.25) is 5.91 Å². The van der Waals surface area contributed by atoms with Crippen molar-refractivity contribution in [2.75, 3.05) is 19.6 Å². The molecular formula is C17H22ClN5O3. The van der Waals surface area contributed by atoms with Gasteiger partial charge < -0.3 is 10.6 Å². The maximum Gasteiger partial charge on any atom is 0.306 e. The van der Waals surface area contributed by atoms with Gasteiger partial charge in [-0.1, -0.05) is 30.3 Å². The van der Waals surface area contributed by atoms with Crippen molar-refractivity contribution in [3.8, 4) is 0 Å². The van der Waals surface area contributed by atoms with Crippen molar-refractivity contribution in [3.05, 3.63) is 58.4 Å². The fraction of sp³-hybridized carbons (Fsp3) is 0.412. The summed E-state index contributed by atoms with van der Waals surface area (Å²) >= 11 is 0. The summed E-state index contributed by atoms with van der Waals surface area (Å²) in [4.78, 5) is 24.5. The van der Waals surface area contributed by atoms with Gasteiger partial charge in [0.15, 0.2) is 0 Å². The summed E-state index contributed by atoms with van der Waals surface area (Å²) < 4.78 is 1.43. The molecule has 140 valence electrons. The first-order chi connectivity index (χ1) is 12.1. The number of aryl methyl sites for hydroxylation is 1. The number of benzene rings is 1. The minimum absolute atomic E-state index is 0. The summed E-state index contributed by atoms with van der Waals surface area (Å²) in [5, 5.41) is 14.6. The first-order valence-corrected chi connectivity index (χ1v) is 8.28. The van der Waals surface area contributed by atoms with Crippen LogP contribution in [0.2, 0.25) is 0 Å². The molecule has 9 heteroatoms. The first kappa shape index (κ1) is 19.9. The summed E-state index contributed by atoms with van der Waals surface area (Å²) in [6.07, 6.45) is 2.79. The third-order valence-electron chi connectivity index (χ3n) is 4.71.